The van der Waals surface area contributed by atoms with E-state index in [-0.39, 0.29) is 0 Å². The van der Waals surface area contributed by atoms with Gasteiger partial charge in [0, 0.05) is 19.8 Å². The van der Waals surface area contributed by atoms with Gasteiger partial charge in [0.15, 0.2) is 0 Å². The average molecular weight is 250 g/mol. The van der Waals surface area contributed by atoms with Gasteiger partial charge in [-0.15, -0.1) is 5.10 Å². The second-order valence-corrected chi connectivity index (χ2v) is 5.07. The number of anilines is 3. The molecule has 0 unspecified atom stereocenters. The normalized spacial score (nSPS) is 10.1. The molecular formula is C11H16N5S+. The lowest BCUT2D eigenvalue weighted by molar-refractivity contribution is -0.433. The molecule has 0 aliphatic rings. The van der Waals surface area contributed by atoms with Crippen molar-refractivity contribution in [1.82, 2.24) is 5.10 Å². The van der Waals surface area contributed by atoms with E-state index in [9.17, 15) is 0 Å². The van der Waals surface area contributed by atoms with Crippen LogP contribution in [-0.2, 0) is 0 Å². The van der Waals surface area contributed by atoms with E-state index in [1.807, 2.05) is 33.2 Å². The molecular weight excluding hydrogens is 234 g/mol. The maximum Gasteiger partial charge on any atom is 0.377 e. The molecule has 1 aromatic carbocycles. The van der Waals surface area contributed by atoms with Gasteiger partial charge in [0.1, 0.15) is 5.01 Å². The summed E-state index contributed by atoms with van der Waals surface area (Å²) in [5.74, 6) is 0. The number of aromatic amines is 1. The number of hydrazine groups is 1. The second-order valence-electron chi connectivity index (χ2n) is 3.87. The topological polar surface area (TPSA) is 54.3 Å². The molecule has 0 amide bonds. The molecule has 17 heavy (non-hydrogen) atoms. The van der Waals surface area contributed by atoms with Crippen molar-refractivity contribution in [3.8, 4) is 0 Å². The van der Waals surface area contributed by atoms with Crippen LogP contribution >= 0.6 is 11.3 Å². The van der Waals surface area contributed by atoms with E-state index >= 15 is 0 Å². The van der Waals surface area contributed by atoms with Crippen LogP contribution in [0.1, 0.15) is 5.01 Å². The first-order valence-corrected chi connectivity index (χ1v) is 6.11. The van der Waals surface area contributed by atoms with Crippen LogP contribution < -0.4 is 20.9 Å². The first kappa shape index (κ1) is 11.7. The molecule has 0 fully saturated rings. The first-order chi connectivity index (χ1) is 8.15. The quantitative estimate of drug-likeness (QED) is 0.812. The lowest BCUT2D eigenvalue weighted by Gasteiger charge is -2.12. The third kappa shape index (κ3) is 3.07. The average Bonchev–Trinajstić information content (AvgIpc) is 2.73. The van der Waals surface area contributed by atoms with Crippen LogP contribution in [0.15, 0.2) is 24.3 Å². The van der Waals surface area contributed by atoms with E-state index in [0.717, 1.165) is 15.8 Å². The van der Waals surface area contributed by atoms with Crippen molar-refractivity contribution in [2.24, 2.45) is 0 Å². The van der Waals surface area contributed by atoms with E-state index in [0.29, 0.717) is 0 Å². The van der Waals surface area contributed by atoms with E-state index in [2.05, 4.69) is 38.1 Å². The Hall–Kier alpha value is -1.82. The number of hydrogen-bond donors (Lipinski definition) is 2. The Morgan fingerprint density at radius 1 is 1.18 bits per heavy atom. The van der Waals surface area contributed by atoms with Crippen LogP contribution in [0, 0.1) is 6.92 Å². The van der Waals surface area contributed by atoms with Crippen LogP contribution in [0.5, 0.6) is 0 Å². The molecule has 0 aliphatic heterocycles. The number of nitrogens with zero attached hydrogens (tertiary/aromatic N) is 2. The predicted molar refractivity (Wildman–Crippen MR) is 71.4 cm³/mol. The van der Waals surface area contributed by atoms with E-state index in [1.165, 1.54) is 5.69 Å². The van der Waals surface area contributed by atoms with Crippen LogP contribution in [0.3, 0.4) is 0 Å². The minimum absolute atomic E-state index is 0.888. The third-order valence-corrected chi connectivity index (χ3v) is 3.05. The van der Waals surface area contributed by atoms with Gasteiger partial charge in [-0.25, -0.2) is 5.43 Å². The Morgan fingerprint density at radius 2 is 1.88 bits per heavy atom. The highest BCUT2D eigenvalue weighted by atomic mass is 32.1. The molecule has 1 aromatic heterocycles. The van der Waals surface area contributed by atoms with E-state index < -0.39 is 0 Å². The SMILES string of the molecule is Cc1n[nH+]c(NNc2ccc(N(C)C)cc2)s1. The zero-order valence-electron chi connectivity index (χ0n) is 10.1. The summed E-state index contributed by atoms with van der Waals surface area (Å²) in [7, 11) is 4.05. The number of aromatic nitrogens is 2. The third-order valence-electron chi connectivity index (χ3n) is 2.27. The molecule has 6 heteroatoms. The highest BCUT2D eigenvalue weighted by Gasteiger charge is 2.05. The van der Waals surface area contributed by atoms with Crippen molar-refractivity contribution in [2.45, 2.75) is 6.92 Å². The largest absolute Gasteiger partial charge is 0.378 e. The van der Waals surface area contributed by atoms with Crippen LogP contribution in [0.2, 0.25) is 0 Å². The monoisotopic (exact) mass is 250 g/mol. The van der Waals surface area contributed by atoms with Crippen LogP contribution in [0.25, 0.3) is 0 Å². The molecule has 3 N–H and O–H groups in total. The minimum Gasteiger partial charge on any atom is -0.378 e. The fourth-order valence-corrected chi connectivity index (χ4v) is 1.93. The van der Waals surface area contributed by atoms with Gasteiger partial charge in [-0.2, -0.15) is 5.43 Å². The Morgan fingerprint density at radius 3 is 2.41 bits per heavy atom. The van der Waals surface area contributed by atoms with Gasteiger partial charge in [0.2, 0.25) is 0 Å². The molecule has 0 bridgehead atoms. The minimum atomic E-state index is 0.888. The fourth-order valence-electron chi connectivity index (χ4n) is 1.35. The van der Waals surface area contributed by atoms with Crippen LogP contribution in [-0.4, -0.2) is 19.2 Å². The molecule has 0 aliphatic carbocycles. The van der Waals surface area contributed by atoms with Gasteiger partial charge in [-0.3, -0.25) is 0 Å². The summed E-state index contributed by atoms with van der Waals surface area (Å²) in [5.41, 5.74) is 8.36. The summed E-state index contributed by atoms with van der Waals surface area (Å²) in [5, 5.41) is 8.83. The summed E-state index contributed by atoms with van der Waals surface area (Å²) in [6.07, 6.45) is 0. The molecule has 0 radical (unpaired) electrons. The predicted octanol–water partition coefficient (Wildman–Crippen LogP) is 1.77. The summed E-state index contributed by atoms with van der Waals surface area (Å²) >= 11 is 1.57. The summed E-state index contributed by atoms with van der Waals surface area (Å²) in [6, 6.07) is 8.17. The number of H-pyrrole nitrogens is 1. The Labute approximate surface area is 104 Å². The number of benzene rings is 1. The maximum atomic E-state index is 4.05. The number of hydrogen-bond acceptors (Lipinski definition) is 5. The Balaban J connectivity index is 1.95. The summed E-state index contributed by atoms with van der Waals surface area (Å²) in [6.45, 7) is 1.96. The molecule has 0 saturated heterocycles. The zero-order valence-corrected chi connectivity index (χ0v) is 10.9. The van der Waals surface area contributed by atoms with Crippen molar-refractivity contribution >= 4 is 27.8 Å². The van der Waals surface area contributed by atoms with Gasteiger partial charge in [-0.1, -0.05) is 5.10 Å². The number of aryl methyl sites for hydroxylation is 1. The lowest BCUT2D eigenvalue weighted by Crippen LogP contribution is -2.16. The van der Waals surface area contributed by atoms with Gasteiger partial charge in [0.25, 0.3) is 0 Å². The van der Waals surface area contributed by atoms with Crippen LogP contribution in [0.4, 0.5) is 16.5 Å². The Kier molecular flexibility index (Phi) is 3.43. The highest BCUT2D eigenvalue weighted by molar-refractivity contribution is 7.14. The lowest BCUT2D eigenvalue weighted by atomic mass is 10.3. The number of nitrogens with one attached hydrogen (secondary N) is 3. The molecule has 5 nitrogen and oxygen atoms in total. The molecule has 90 valence electrons. The van der Waals surface area contributed by atoms with Crippen molar-refractivity contribution in [3.63, 3.8) is 0 Å². The van der Waals surface area contributed by atoms with Crippen molar-refractivity contribution in [1.29, 1.82) is 0 Å². The fraction of sp³-hybridized carbons (Fsp3) is 0.273. The van der Waals surface area contributed by atoms with Crippen molar-refractivity contribution < 1.29 is 5.10 Å². The molecule has 2 aromatic rings. The Bertz CT molecular complexity index is 477. The van der Waals surface area contributed by atoms with Gasteiger partial charge in [-0.05, 0) is 42.5 Å². The standard InChI is InChI=1S/C11H15N5S/c1-8-12-14-11(17-8)15-13-9-4-6-10(7-5-9)16(2)3/h4-7,13H,1-3H3,(H,14,15)/p+1. The molecule has 0 atom stereocenters. The molecule has 0 spiro atoms. The number of rotatable bonds is 4. The van der Waals surface area contributed by atoms with E-state index in [1.54, 1.807) is 11.3 Å². The van der Waals surface area contributed by atoms with E-state index in [4.69, 9.17) is 0 Å². The van der Waals surface area contributed by atoms with Gasteiger partial charge in [0.05, 0.1) is 5.69 Å². The molecule has 1 heterocycles. The zero-order chi connectivity index (χ0) is 12.3. The van der Waals surface area contributed by atoms with Crippen molar-refractivity contribution in [3.05, 3.63) is 29.3 Å². The molecule has 0 saturated carbocycles. The summed E-state index contributed by atoms with van der Waals surface area (Å²) in [4.78, 5) is 2.07. The van der Waals surface area contributed by atoms with Gasteiger partial charge < -0.3 is 4.90 Å². The molecule has 2 rings (SSSR count). The van der Waals surface area contributed by atoms with Crippen molar-refractivity contribution in [2.75, 3.05) is 29.8 Å². The first-order valence-electron chi connectivity index (χ1n) is 5.29. The smallest absolute Gasteiger partial charge is 0.377 e. The highest BCUT2D eigenvalue weighted by Crippen LogP contribution is 2.16. The second kappa shape index (κ2) is 5.01. The maximum absolute atomic E-state index is 4.05. The van der Waals surface area contributed by atoms with Gasteiger partial charge >= 0.3 is 5.13 Å². The summed E-state index contributed by atoms with van der Waals surface area (Å²) < 4.78 is 0.